The van der Waals surface area contributed by atoms with Crippen LogP contribution in [-0.2, 0) is 4.79 Å². The minimum absolute atomic E-state index is 0.0416. The fraction of sp³-hybridized carbons (Fsp3) is 0.167. The first-order chi connectivity index (χ1) is 13.9. The molecule has 3 N–H and O–H groups in total. The average Bonchev–Trinajstić information content (AvgIpc) is 2.70. The fourth-order valence-corrected chi connectivity index (χ4v) is 3.25. The molecule has 3 aromatic rings. The number of rotatable bonds is 5. The summed E-state index contributed by atoms with van der Waals surface area (Å²) in [6.45, 7) is 6.17. The van der Waals surface area contributed by atoms with Crippen molar-refractivity contribution in [3.05, 3.63) is 77.5 Å². The Bertz CT molecular complexity index is 1140. The fourth-order valence-electron chi connectivity index (χ4n) is 3.25. The Kier molecular flexibility index (Phi) is 5.85. The lowest BCUT2D eigenvalue weighted by atomic mass is 9.98. The van der Waals surface area contributed by atoms with Crippen molar-refractivity contribution in [3.63, 3.8) is 0 Å². The van der Waals surface area contributed by atoms with E-state index < -0.39 is 5.91 Å². The third-order valence-electron chi connectivity index (χ3n) is 4.80. The number of nitriles is 1. The molecule has 0 saturated heterocycles. The van der Waals surface area contributed by atoms with Crippen LogP contribution in [0, 0.1) is 18.3 Å². The van der Waals surface area contributed by atoms with E-state index in [4.69, 9.17) is 0 Å². The molecule has 0 unspecified atom stereocenters. The van der Waals surface area contributed by atoms with Gasteiger partial charge in [0, 0.05) is 28.3 Å². The maximum Gasteiger partial charge on any atom is 0.267 e. The van der Waals surface area contributed by atoms with Gasteiger partial charge in [0.2, 0.25) is 0 Å². The number of anilines is 2. The minimum Gasteiger partial charge on any atom is -0.507 e. The Morgan fingerprint density at radius 3 is 2.48 bits per heavy atom. The van der Waals surface area contributed by atoms with Crippen molar-refractivity contribution in [1.29, 1.82) is 5.26 Å². The molecule has 5 nitrogen and oxygen atoms in total. The number of fused-ring (bicyclic) bond motifs is 1. The molecule has 3 aromatic carbocycles. The van der Waals surface area contributed by atoms with Crippen LogP contribution >= 0.6 is 0 Å². The molecule has 0 spiro atoms. The molecule has 1 amide bonds. The van der Waals surface area contributed by atoms with Gasteiger partial charge in [-0.25, -0.2) is 0 Å². The zero-order valence-electron chi connectivity index (χ0n) is 16.7. The van der Waals surface area contributed by atoms with Crippen molar-refractivity contribution in [2.45, 2.75) is 26.7 Å². The van der Waals surface area contributed by atoms with Crippen LogP contribution in [0.3, 0.4) is 0 Å². The maximum atomic E-state index is 12.7. The van der Waals surface area contributed by atoms with E-state index in [-0.39, 0.29) is 11.3 Å². The third kappa shape index (κ3) is 4.22. The molecule has 0 aromatic heterocycles. The highest BCUT2D eigenvalue weighted by Gasteiger charge is 2.13. The van der Waals surface area contributed by atoms with Gasteiger partial charge in [-0.3, -0.25) is 4.79 Å². The summed E-state index contributed by atoms with van der Waals surface area (Å²) in [5, 5.41) is 26.7. The summed E-state index contributed by atoms with van der Waals surface area (Å²) in [7, 11) is 0. The lowest BCUT2D eigenvalue weighted by Crippen LogP contribution is -2.15. The van der Waals surface area contributed by atoms with Gasteiger partial charge in [0.25, 0.3) is 5.91 Å². The Morgan fingerprint density at radius 1 is 1.07 bits per heavy atom. The molecule has 0 aliphatic rings. The van der Waals surface area contributed by atoms with Gasteiger partial charge in [0.1, 0.15) is 17.4 Å². The Balaban J connectivity index is 1.88. The van der Waals surface area contributed by atoms with Crippen LogP contribution in [0.2, 0.25) is 0 Å². The number of para-hydroxylation sites is 1. The lowest BCUT2D eigenvalue weighted by molar-refractivity contribution is -0.112. The van der Waals surface area contributed by atoms with Crippen LogP contribution < -0.4 is 10.6 Å². The number of carbonyl (C=O) groups excluding carboxylic acids is 1. The van der Waals surface area contributed by atoms with E-state index in [9.17, 15) is 15.2 Å². The van der Waals surface area contributed by atoms with Crippen LogP contribution in [0.5, 0.6) is 5.75 Å². The van der Waals surface area contributed by atoms with Crippen LogP contribution in [0.25, 0.3) is 10.8 Å². The van der Waals surface area contributed by atoms with E-state index in [0.29, 0.717) is 22.4 Å². The van der Waals surface area contributed by atoms with E-state index in [2.05, 4.69) is 24.5 Å². The number of phenolic OH excluding ortho intramolecular Hbond substituents is 1. The van der Waals surface area contributed by atoms with E-state index in [1.807, 2.05) is 31.2 Å². The highest BCUT2D eigenvalue weighted by molar-refractivity contribution is 6.11. The van der Waals surface area contributed by atoms with Crippen molar-refractivity contribution < 1.29 is 9.90 Å². The molecule has 0 fully saturated rings. The van der Waals surface area contributed by atoms with Gasteiger partial charge in [-0.05, 0) is 36.1 Å². The molecule has 29 heavy (non-hydrogen) atoms. The molecule has 0 radical (unpaired) electrons. The molecule has 0 aliphatic carbocycles. The van der Waals surface area contributed by atoms with Crippen LogP contribution in [0.1, 0.15) is 30.9 Å². The summed E-state index contributed by atoms with van der Waals surface area (Å²) in [4.78, 5) is 12.7. The van der Waals surface area contributed by atoms with Gasteiger partial charge in [-0.15, -0.1) is 0 Å². The molecule has 0 aliphatic heterocycles. The number of hydrogen-bond acceptors (Lipinski definition) is 4. The van der Waals surface area contributed by atoms with E-state index in [1.165, 1.54) is 6.20 Å². The van der Waals surface area contributed by atoms with Crippen LogP contribution in [0.4, 0.5) is 11.4 Å². The second kappa shape index (κ2) is 8.49. The van der Waals surface area contributed by atoms with Crippen molar-refractivity contribution in [2.24, 2.45) is 0 Å². The summed E-state index contributed by atoms with van der Waals surface area (Å²) >= 11 is 0. The first-order valence-electron chi connectivity index (χ1n) is 9.40. The molecular weight excluding hydrogens is 362 g/mol. The maximum absolute atomic E-state index is 12.7. The number of phenols is 1. The van der Waals surface area contributed by atoms with E-state index in [0.717, 1.165) is 16.8 Å². The number of carbonyl (C=O) groups is 1. The molecular formula is C24H23N3O2. The smallest absolute Gasteiger partial charge is 0.267 e. The zero-order chi connectivity index (χ0) is 21.0. The molecule has 5 heteroatoms. The van der Waals surface area contributed by atoms with Crippen molar-refractivity contribution in [2.75, 3.05) is 10.6 Å². The first-order valence-corrected chi connectivity index (χ1v) is 9.40. The van der Waals surface area contributed by atoms with Gasteiger partial charge < -0.3 is 15.7 Å². The van der Waals surface area contributed by atoms with Gasteiger partial charge in [0.05, 0.1) is 0 Å². The predicted molar refractivity (Wildman–Crippen MR) is 117 cm³/mol. The largest absolute Gasteiger partial charge is 0.507 e. The quantitative estimate of drug-likeness (QED) is 0.403. The highest BCUT2D eigenvalue weighted by Crippen LogP contribution is 2.30. The summed E-state index contributed by atoms with van der Waals surface area (Å²) < 4.78 is 0. The topological polar surface area (TPSA) is 85.2 Å². The number of hydrogen-bond donors (Lipinski definition) is 3. The molecule has 0 bridgehead atoms. The molecule has 0 atom stereocenters. The predicted octanol–water partition coefficient (Wildman–Crippen LogP) is 5.44. The summed E-state index contributed by atoms with van der Waals surface area (Å²) in [5.74, 6) is -0.0823. The van der Waals surface area contributed by atoms with Gasteiger partial charge >= 0.3 is 0 Å². The number of amides is 1. The van der Waals surface area contributed by atoms with E-state index in [1.54, 1.807) is 36.4 Å². The SMILES string of the molecule is Cc1cccc(C(C)C)c1N/C=C(/C#N)C(=O)Nc1cccc2c(O)cccc12. The number of benzene rings is 3. The standard InChI is InChI=1S/C24H23N3O2/c1-15(2)18-8-4-7-16(3)23(18)26-14-17(13-25)24(29)27-21-11-5-10-20-19(21)9-6-12-22(20)28/h4-12,14-15,26,28H,1-3H3,(H,27,29)/b17-14-. The number of aromatic hydroxyl groups is 1. The normalized spacial score (nSPS) is 11.3. The zero-order valence-corrected chi connectivity index (χ0v) is 16.7. The summed E-state index contributed by atoms with van der Waals surface area (Å²) in [6, 6.07) is 18.3. The number of nitrogens with zero attached hydrogens (tertiary/aromatic N) is 1. The lowest BCUT2D eigenvalue weighted by Gasteiger charge is -2.15. The van der Waals surface area contributed by atoms with Crippen LogP contribution in [-0.4, -0.2) is 11.0 Å². The van der Waals surface area contributed by atoms with Crippen LogP contribution in [0.15, 0.2) is 66.4 Å². The average molecular weight is 385 g/mol. The van der Waals surface area contributed by atoms with Crippen molar-refractivity contribution >= 4 is 28.1 Å². The minimum atomic E-state index is -0.518. The molecule has 0 saturated carbocycles. The number of nitrogens with one attached hydrogen (secondary N) is 2. The Morgan fingerprint density at radius 2 is 1.76 bits per heavy atom. The summed E-state index contributed by atoms with van der Waals surface area (Å²) in [5.41, 5.74) is 3.54. The molecule has 0 heterocycles. The van der Waals surface area contributed by atoms with Gasteiger partial charge in [-0.1, -0.05) is 56.3 Å². The number of aryl methyl sites for hydroxylation is 1. The van der Waals surface area contributed by atoms with Crippen molar-refractivity contribution in [1.82, 2.24) is 0 Å². The van der Waals surface area contributed by atoms with Crippen molar-refractivity contribution in [3.8, 4) is 11.8 Å². The monoisotopic (exact) mass is 385 g/mol. The summed E-state index contributed by atoms with van der Waals surface area (Å²) in [6.07, 6.45) is 1.44. The molecule has 146 valence electrons. The van der Waals surface area contributed by atoms with E-state index >= 15 is 0 Å². The Hall–Kier alpha value is -3.78. The highest BCUT2D eigenvalue weighted by atomic mass is 16.3. The second-order valence-electron chi connectivity index (χ2n) is 7.14. The second-order valence-corrected chi connectivity index (χ2v) is 7.14. The van der Waals surface area contributed by atoms with Gasteiger partial charge in [-0.2, -0.15) is 5.26 Å². The Labute approximate surface area is 170 Å². The third-order valence-corrected chi connectivity index (χ3v) is 4.80. The van der Waals surface area contributed by atoms with Gasteiger partial charge in [0.15, 0.2) is 0 Å². The first kappa shape index (κ1) is 20.0. The molecule has 3 rings (SSSR count).